The van der Waals surface area contributed by atoms with Crippen LogP contribution in [0.4, 0.5) is 5.69 Å². The summed E-state index contributed by atoms with van der Waals surface area (Å²) in [7, 11) is 0. The van der Waals surface area contributed by atoms with Crippen molar-refractivity contribution in [3.63, 3.8) is 0 Å². The normalized spacial score (nSPS) is 30.3. The number of carbonyl (C=O) groups excluding carboxylic acids is 3. The molecule has 4 aliphatic heterocycles. The molecule has 5 rings (SSSR count). The van der Waals surface area contributed by atoms with Crippen LogP contribution in [0.5, 0.6) is 0 Å². The molecule has 4 saturated heterocycles. The Morgan fingerprint density at radius 3 is 2.45 bits per heavy atom. The van der Waals surface area contributed by atoms with Gasteiger partial charge in [-0.15, -0.1) is 13.2 Å². The van der Waals surface area contributed by atoms with Gasteiger partial charge in [-0.1, -0.05) is 30.4 Å². The number of aliphatic hydroxyl groups excluding tert-OH is 1. The van der Waals surface area contributed by atoms with Crippen LogP contribution in [0, 0.1) is 11.8 Å². The summed E-state index contributed by atoms with van der Waals surface area (Å²) in [6.45, 7) is 14.5. The minimum Gasteiger partial charge on any atom is -0.396 e. The molecule has 42 heavy (non-hydrogen) atoms. The lowest BCUT2D eigenvalue weighted by Crippen LogP contribution is -2.57. The van der Waals surface area contributed by atoms with Gasteiger partial charge in [-0.2, -0.15) is 0 Å². The summed E-state index contributed by atoms with van der Waals surface area (Å²) >= 11 is 0. The molecule has 5 atom stereocenters. The van der Waals surface area contributed by atoms with Crippen molar-refractivity contribution in [3.05, 3.63) is 55.6 Å². The summed E-state index contributed by atoms with van der Waals surface area (Å²) in [6, 6.07) is 8.49. The van der Waals surface area contributed by atoms with Crippen molar-refractivity contribution in [2.24, 2.45) is 11.8 Å². The number of likely N-dealkylation sites (tertiary alicyclic amines) is 1. The molecule has 10 nitrogen and oxygen atoms in total. The van der Waals surface area contributed by atoms with Crippen molar-refractivity contribution in [3.8, 4) is 0 Å². The van der Waals surface area contributed by atoms with E-state index < -0.39 is 29.1 Å². The zero-order valence-electron chi connectivity index (χ0n) is 24.7. The topological polar surface area (TPSA) is 103 Å². The molecule has 1 aromatic carbocycles. The maximum Gasteiger partial charge on any atom is 0.248 e. The van der Waals surface area contributed by atoms with Crippen LogP contribution in [0.15, 0.2) is 55.6 Å². The lowest BCUT2D eigenvalue weighted by molar-refractivity contribution is -0.151. The summed E-state index contributed by atoms with van der Waals surface area (Å²) in [5.74, 6) is -2.19. The quantitative estimate of drug-likeness (QED) is 0.355. The van der Waals surface area contributed by atoms with Gasteiger partial charge < -0.3 is 29.3 Å². The van der Waals surface area contributed by atoms with Crippen molar-refractivity contribution >= 4 is 23.4 Å². The SMILES string of the molecule is C=CCN(CCN1CCOCC1)C(=O)C1N(CCCO)C(=O)[C@@H]2[C@H](C(=O)N(CC=C)c3ccccc3)[C@]3(C)CCC12O3. The van der Waals surface area contributed by atoms with Crippen LogP contribution < -0.4 is 4.90 Å². The molecule has 4 fully saturated rings. The van der Waals surface area contributed by atoms with Crippen molar-refractivity contribution < 1.29 is 29.0 Å². The highest BCUT2D eigenvalue weighted by Gasteiger charge is 2.78. The van der Waals surface area contributed by atoms with E-state index in [2.05, 4.69) is 18.1 Å². The van der Waals surface area contributed by atoms with Gasteiger partial charge in [0.25, 0.3) is 0 Å². The molecule has 0 aliphatic carbocycles. The van der Waals surface area contributed by atoms with Gasteiger partial charge >= 0.3 is 0 Å². The molecule has 2 unspecified atom stereocenters. The third-order valence-corrected chi connectivity index (χ3v) is 9.43. The van der Waals surface area contributed by atoms with E-state index >= 15 is 0 Å². The molecule has 0 saturated carbocycles. The maximum absolute atomic E-state index is 14.5. The molecular formula is C32H44N4O6. The molecule has 4 heterocycles. The first-order valence-electron chi connectivity index (χ1n) is 15.1. The van der Waals surface area contributed by atoms with Gasteiger partial charge in [-0.25, -0.2) is 0 Å². The highest BCUT2D eigenvalue weighted by molar-refractivity contribution is 6.03. The van der Waals surface area contributed by atoms with Crippen LogP contribution in [-0.4, -0.2) is 120 Å². The number of amides is 3. The smallest absolute Gasteiger partial charge is 0.248 e. The summed E-state index contributed by atoms with van der Waals surface area (Å²) < 4.78 is 12.3. The first-order chi connectivity index (χ1) is 20.3. The second kappa shape index (κ2) is 12.7. The zero-order valence-corrected chi connectivity index (χ0v) is 24.7. The Bertz CT molecular complexity index is 1170. The third-order valence-electron chi connectivity index (χ3n) is 9.43. The molecule has 1 spiro atoms. The summed E-state index contributed by atoms with van der Waals surface area (Å²) in [5, 5.41) is 9.67. The van der Waals surface area contributed by atoms with Gasteiger partial charge in [0.05, 0.1) is 30.7 Å². The Morgan fingerprint density at radius 1 is 1.07 bits per heavy atom. The van der Waals surface area contributed by atoms with E-state index in [-0.39, 0.29) is 37.4 Å². The maximum atomic E-state index is 14.5. The molecule has 3 amide bonds. The summed E-state index contributed by atoms with van der Waals surface area (Å²) in [4.78, 5) is 50.4. The Kier molecular flexibility index (Phi) is 9.17. The fourth-order valence-electron chi connectivity index (χ4n) is 7.50. The van der Waals surface area contributed by atoms with Gasteiger partial charge in [-0.05, 0) is 38.3 Å². The molecule has 2 bridgehead atoms. The number of ether oxygens (including phenoxy) is 2. The molecule has 0 aromatic heterocycles. The molecule has 228 valence electrons. The first-order valence-corrected chi connectivity index (χ1v) is 15.1. The van der Waals surface area contributed by atoms with Crippen molar-refractivity contribution in [1.29, 1.82) is 0 Å². The van der Waals surface area contributed by atoms with Gasteiger partial charge in [0.2, 0.25) is 17.7 Å². The van der Waals surface area contributed by atoms with E-state index in [1.54, 1.807) is 26.9 Å². The Balaban J connectivity index is 1.48. The Hall–Kier alpha value is -3.05. The Morgan fingerprint density at radius 2 is 1.79 bits per heavy atom. The molecule has 0 radical (unpaired) electrons. The van der Waals surface area contributed by atoms with Crippen LogP contribution in [0.25, 0.3) is 0 Å². The van der Waals surface area contributed by atoms with E-state index in [4.69, 9.17) is 9.47 Å². The highest BCUT2D eigenvalue weighted by atomic mass is 16.5. The largest absolute Gasteiger partial charge is 0.396 e. The molecule has 1 aromatic rings. The van der Waals surface area contributed by atoms with Crippen LogP contribution in [0.1, 0.15) is 26.2 Å². The number of benzene rings is 1. The number of carbonyl (C=O) groups is 3. The van der Waals surface area contributed by atoms with Gasteiger partial charge in [-0.3, -0.25) is 19.3 Å². The zero-order chi connectivity index (χ0) is 29.9. The standard InChI is InChI=1S/C32H44N4O6/c1-4-14-34(18-17-33-19-22-41-23-20-33)30(40)27-32-13-12-31(3,42-32)25(26(32)29(39)36(27)16-9-21-37)28(38)35(15-5-2)24-10-7-6-8-11-24/h4-8,10-11,25-27,37H,1-2,9,12-23H2,3H3/t25-,26+,27?,31+,32?/m1/s1. The molecule has 4 aliphatic rings. The van der Waals surface area contributed by atoms with Crippen molar-refractivity contribution in [2.75, 3.05) is 70.5 Å². The number of nitrogens with zero attached hydrogens (tertiary/aromatic N) is 4. The average Bonchev–Trinajstić information content (AvgIpc) is 3.57. The second-order valence-electron chi connectivity index (χ2n) is 11.9. The third kappa shape index (κ3) is 5.30. The van der Waals surface area contributed by atoms with E-state index in [9.17, 15) is 19.5 Å². The fraction of sp³-hybridized carbons (Fsp3) is 0.594. The van der Waals surface area contributed by atoms with Gasteiger partial charge in [0.1, 0.15) is 11.6 Å². The van der Waals surface area contributed by atoms with Crippen LogP contribution in [0.3, 0.4) is 0 Å². The first kappa shape index (κ1) is 30.4. The number of anilines is 1. The van der Waals surface area contributed by atoms with E-state index in [0.717, 1.165) is 18.8 Å². The van der Waals surface area contributed by atoms with E-state index in [0.29, 0.717) is 52.1 Å². The fourth-order valence-corrected chi connectivity index (χ4v) is 7.50. The number of hydrogen-bond acceptors (Lipinski definition) is 7. The lowest BCUT2D eigenvalue weighted by atomic mass is 9.66. The molecule has 1 N–H and O–H groups in total. The van der Waals surface area contributed by atoms with Crippen LogP contribution in [-0.2, 0) is 23.9 Å². The minimum absolute atomic E-state index is 0.113. The predicted molar refractivity (Wildman–Crippen MR) is 159 cm³/mol. The monoisotopic (exact) mass is 580 g/mol. The van der Waals surface area contributed by atoms with Crippen molar-refractivity contribution in [1.82, 2.24) is 14.7 Å². The number of rotatable bonds is 13. The predicted octanol–water partition coefficient (Wildman–Crippen LogP) is 1.70. The highest BCUT2D eigenvalue weighted by Crippen LogP contribution is 2.63. The number of fused-ring (bicyclic) bond motifs is 1. The van der Waals surface area contributed by atoms with E-state index in [1.807, 2.05) is 37.3 Å². The average molecular weight is 581 g/mol. The van der Waals surface area contributed by atoms with Crippen LogP contribution >= 0.6 is 0 Å². The number of morpholine rings is 1. The lowest BCUT2D eigenvalue weighted by Gasteiger charge is -2.37. The summed E-state index contributed by atoms with van der Waals surface area (Å²) in [6.07, 6.45) is 4.78. The molecular weight excluding hydrogens is 536 g/mol. The van der Waals surface area contributed by atoms with Gasteiger partial charge in [0, 0.05) is 58.1 Å². The summed E-state index contributed by atoms with van der Waals surface area (Å²) in [5.41, 5.74) is -1.28. The minimum atomic E-state index is -1.12. The number of para-hydroxylation sites is 1. The van der Waals surface area contributed by atoms with Crippen molar-refractivity contribution in [2.45, 2.75) is 43.4 Å². The van der Waals surface area contributed by atoms with Gasteiger partial charge in [0.15, 0.2) is 0 Å². The van der Waals surface area contributed by atoms with E-state index in [1.165, 1.54) is 0 Å². The van der Waals surface area contributed by atoms with Crippen LogP contribution in [0.2, 0.25) is 0 Å². The second-order valence-corrected chi connectivity index (χ2v) is 11.9. The Labute approximate surface area is 248 Å². The number of aliphatic hydroxyl groups is 1. The number of hydrogen-bond donors (Lipinski definition) is 1. The molecule has 10 heteroatoms.